The molecule has 1 N–H and O–H groups in total. The third kappa shape index (κ3) is 4.87. The highest BCUT2D eigenvalue weighted by Gasteiger charge is 2.38. The number of benzene rings is 2. The molecule has 0 aromatic heterocycles. The molecule has 1 heterocycles. The van der Waals surface area contributed by atoms with E-state index in [0.29, 0.717) is 36.0 Å². The number of hydrogen-bond acceptors (Lipinski definition) is 5. The van der Waals surface area contributed by atoms with Crippen molar-refractivity contribution in [2.24, 2.45) is 0 Å². The van der Waals surface area contributed by atoms with Crippen molar-refractivity contribution in [2.75, 3.05) is 25.6 Å². The van der Waals surface area contributed by atoms with E-state index in [4.69, 9.17) is 14.2 Å². The molecular weight excluding hydrogens is 391 g/mol. The van der Waals surface area contributed by atoms with Crippen molar-refractivity contribution in [3.63, 3.8) is 0 Å². The van der Waals surface area contributed by atoms with E-state index in [1.54, 1.807) is 23.5 Å². The van der Waals surface area contributed by atoms with Gasteiger partial charge in [0.05, 0.1) is 7.11 Å². The van der Waals surface area contributed by atoms with E-state index in [0.717, 1.165) is 0 Å². The molecule has 3 rings (SSSR count). The minimum Gasteiger partial charge on any atom is -0.493 e. The fourth-order valence-electron chi connectivity index (χ4n) is 2.58. The molecule has 0 fully saturated rings. The second kappa shape index (κ2) is 8.26. The maximum absolute atomic E-state index is 12.3. The maximum atomic E-state index is 12.3. The highest BCUT2D eigenvalue weighted by molar-refractivity contribution is 6.07. The normalized spacial score (nSPS) is 13.2. The van der Waals surface area contributed by atoms with Crippen LogP contribution in [0.15, 0.2) is 42.5 Å². The number of methoxy groups -OCH3 is 1. The summed E-state index contributed by atoms with van der Waals surface area (Å²) in [6.45, 7) is 0.815. The Labute approximate surface area is 163 Å². The first-order valence-electron chi connectivity index (χ1n) is 8.46. The summed E-state index contributed by atoms with van der Waals surface area (Å²) in [5, 5.41) is 1.71. The summed E-state index contributed by atoms with van der Waals surface area (Å²) in [4.78, 5) is 23.2. The number of hydrogen-bond donors (Lipinski definition) is 1. The number of halogens is 3. The Kier molecular flexibility index (Phi) is 5.76. The average Bonchev–Trinajstić information content (AvgIpc) is 2.71. The smallest absolute Gasteiger partial charge is 0.471 e. The Morgan fingerprint density at radius 1 is 1.10 bits per heavy atom. The summed E-state index contributed by atoms with van der Waals surface area (Å²) in [6.07, 6.45) is -2.11. The van der Waals surface area contributed by atoms with Gasteiger partial charge in [-0.3, -0.25) is 9.59 Å². The SMILES string of the molecule is COc1cc(C=CC(=O)c2ccc(NC(=O)C(F)(F)F)cc2)cc2c1OCCO2. The number of ether oxygens (including phenoxy) is 3. The predicted molar refractivity (Wildman–Crippen MR) is 98.5 cm³/mol. The largest absolute Gasteiger partial charge is 0.493 e. The summed E-state index contributed by atoms with van der Waals surface area (Å²) in [5.41, 5.74) is 0.828. The number of ketones is 1. The molecule has 6 nitrogen and oxygen atoms in total. The lowest BCUT2D eigenvalue weighted by Gasteiger charge is -2.20. The van der Waals surface area contributed by atoms with Gasteiger partial charge in [-0.05, 0) is 48.0 Å². The van der Waals surface area contributed by atoms with Gasteiger partial charge < -0.3 is 19.5 Å². The molecule has 29 heavy (non-hydrogen) atoms. The fraction of sp³-hybridized carbons (Fsp3) is 0.200. The molecule has 0 saturated carbocycles. The van der Waals surface area contributed by atoms with Gasteiger partial charge in [-0.1, -0.05) is 6.08 Å². The van der Waals surface area contributed by atoms with Gasteiger partial charge >= 0.3 is 12.1 Å². The first-order chi connectivity index (χ1) is 13.8. The molecule has 2 aromatic rings. The van der Waals surface area contributed by atoms with Crippen molar-refractivity contribution in [1.29, 1.82) is 0 Å². The van der Waals surface area contributed by atoms with Crippen LogP contribution in [0.1, 0.15) is 15.9 Å². The highest BCUT2D eigenvalue weighted by atomic mass is 19.4. The molecule has 0 bridgehead atoms. The van der Waals surface area contributed by atoms with E-state index in [2.05, 4.69) is 0 Å². The number of amides is 1. The van der Waals surface area contributed by atoms with Gasteiger partial charge in [0.1, 0.15) is 13.2 Å². The third-order valence-corrected chi connectivity index (χ3v) is 3.96. The second-order valence-electron chi connectivity index (χ2n) is 5.97. The zero-order valence-electron chi connectivity index (χ0n) is 15.2. The van der Waals surface area contributed by atoms with Crippen molar-refractivity contribution in [3.8, 4) is 17.2 Å². The maximum Gasteiger partial charge on any atom is 0.471 e. The summed E-state index contributed by atoms with van der Waals surface area (Å²) in [7, 11) is 1.49. The number of carbonyl (C=O) groups is 2. The highest BCUT2D eigenvalue weighted by Crippen LogP contribution is 2.40. The Morgan fingerprint density at radius 2 is 1.79 bits per heavy atom. The van der Waals surface area contributed by atoms with E-state index < -0.39 is 12.1 Å². The Hall–Kier alpha value is -3.49. The van der Waals surface area contributed by atoms with E-state index in [1.807, 2.05) is 0 Å². The standard InChI is InChI=1S/C20H16F3NO5/c1-27-16-10-12(11-17-18(16)29-9-8-28-17)2-7-15(25)13-3-5-14(6-4-13)24-19(26)20(21,22)23/h2-7,10-11H,8-9H2,1H3,(H,24,26). The monoisotopic (exact) mass is 407 g/mol. The van der Waals surface area contributed by atoms with Crippen LogP contribution in [0.25, 0.3) is 6.08 Å². The number of allylic oxidation sites excluding steroid dienone is 1. The van der Waals surface area contributed by atoms with Gasteiger partial charge in [-0.25, -0.2) is 0 Å². The number of alkyl halides is 3. The molecule has 0 aliphatic carbocycles. The first-order valence-corrected chi connectivity index (χ1v) is 8.46. The molecule has 0 atom stereocenters. The number of rotatable bonds is 5. The van der Waals surface area contributed by atoms with Crippen molar-refractivity contribution >= 4 is 23.5 Å². The zero-order chi connectivity index (χ0) is 21.0. The van der Waals surface area contributed by atoms with Gasteiger partial charge in [0.25, 0.3) is 0 Å². The minimum absolute atomic E-state index is 0.0653. The Bertz CT molecular complexity index is 935. The molecule has 0 radical (unpaired) electrons. The van der Waals surface area contributed by atoms with Crippen LogP contribution in [0.2, 0.25) is 0 Å². The van der Waals surface area contributed by atoms with Gasteiger partial charge in [-0.2, -0.15) is 13.2 Å². The van der Waals surface area contributed by atoms with Crippen LogP contribution in [0.3, 0.4) is 0 Å². The molecule has 1 aliphatic rings. The van der Waals surface area contributed by atoms with E-state index >= 15 is 0 Å². The molecular formula is C20H16F3NO5. The first kappa shape index (κ1) is 20.2. The number of carbonyl (C=O) groups excluding carboxylic acids is 2. The molecule has 0 spiro atoms. The van der Waals surface area contributed by atoms with Crippen LogP contribution in [0.5, 0.6) is 17.2 Å². The van der Waals surface area contributed by atoms with E-state index in [1.165, 1.54) is 37.5 Å². The lowest BCUT2D eigenvalue weighted by atomic mass is 10.1. The van der Waals surface area contributed by atoms with Crippen LogP contribution in [0.4, 0.5) is 18.9 Å². The number of nitrogens with one attached hydrogen (secondary N) is 1. The summed E-state index contributed by atoms with van der Waals surface area (Å²) in [5.74, 6) is -0.971. The van der Waals surface area contributed by atoms with Crippen molar-refractivity contribution < 1.29 is 37.0 Å². The molecule has 0 unspecified atom stereocenters. The van der Waals surface area contributed by atoms with Crippen LogP contribution < -0.4 is 19.5 Å². The van der Waals surface area contributed by atoms with Crippen LogP contribution in [0, 0.1) is 0 Å². The van der Waals surface area contributed by atoms with Crippen molar-refractivity contribution in [2.45, 2.75) is 6.18 Å². The van der Waals surface area contributed by atoms with E-state index in [-0.39, 0.29) is 17.0 Å². The van der Waals surface area contributed by atoms with Crippen LogP contribution in [-0.4, -0.2) is 38.2 Å². The van der Waals surface area contributed by atoms with Gasteiger partial charge in [0.15, 0.2) is 17.3 Å². The summed E-state index contributed by atoms with van der Waals surface area (Å²) in [6, 6.07) is 8.48. The number of anilines is 1. The topological polar surface area (TPSA) is 73.9 Å². The zero-order valence-corrected chi connectivity index (χ0v) is 15.2. The molecule has 0 saturated heterocycles. The fourth-order valence-corrected chi connectivity index (χ4v) is 2.58. The van der Waals surface area contributed by atoms with Gasteiger partial charge in [0, 0.05) is 11.3 Å². The van der Waals surface area contributed by atoms with Crippen molar-refractivity contribution in [1.82, 2.24) is 0 Å². The van der Waals surface area contributed by atoms with E-state index in [9.17, 15) is 22.8 Å². The lowest BCUT2D eigenvalue weighted by Crippen LogP contribution is -2.29. The molecule has 1 amide bonds. The minimum atomic E-state index is -4.98. The lowest BCUT2D eigenvalue weighted by molar-refractivity contribution is -0.167. The predicted octanol–water partition coefficient (Wildman–Crippen LogP) is 3.86. The third-order valence-electron chi connectivity index (χ3n) is 3.96. The van der Waals surface area contributed by atoms with Gasteiger partial charge in [0.2, 0.25) is 5.75 Å². The molecule has 9 heteroatoms. The van der Waals surface area contributed by atoms with Crippen molar-refractivity contribution in [3.05, 3.63) is 53.6 Å². The van der Waals surface area contributed by atoms with Crippen LogP contribution in [-0.2, 0) is 4.79 Å². The van der Waals surface area contributed by atoms with Gasteiger partial charge in [-0.15, -0.1) is 0 Å². The average molecular weight is 407 g/mol. The second-order valence-corrected chi connectivity index (χ2v) is 5.97. The van der Waals surface area contributed by atoms with Crippen LogP contribution >= 0.6 is 0 Å². The molecule has 152 valence electrons. The Balaban J connectivity index is 1.72. The molecule has 1 aliphatic heterocycles. The number of fused-ring (bicyclic) bond motifs is 1. The summed E-state index contributed by atoms with van der Waals surface area (Å²) < 4.78 is 53.1. The summed E-state index contributed by atoms with van der Waals surface area (Å²) >= 11 is 0. The molecule has 2 aromatic carbocycles. The quantitative estimate of drug-likeness (QED) is 0.602. The Morgan fingerprint density at radius 3 is 2.45 bits per heavy atom.